The summed E-state index contributed by atoms with van der Waals surface area (Å²) in [6.07, 6.45) is 9.55. The number of unbranched alkanes of at least 4 members (excludes halogenated alkanes) is 1. The molecule has 0 nitrogen and oxygen atoms in total. The smallest absolute Gasteiger partial charge is 0.0303 e. The molecule has 0 saturated carbocycles. The van der Waals surface area contributed by atoms with Crippen LogP contribution < -0.4 is 0 Å². The maximum atomic E-state index is 2.50. The molecule has 0 aromatic carbocycles. The van der Waals surface area contributed by atoms with Crippen LogP contribution in [-0.2, 0) is 0 Å². The minimum absolute atomic E-state index is 0.542. The van der Waals surface area contributed by atoms with E-state index >= 15 is 0 Å². The summed E-state index contributed by atoms with van der Waals surface area (Å²) in [6, 6.07) is 0. The Morgan fingerprint density at radius 2 is 1.47 bits per heavy atom. The first kappa shape index (κ1) is 17.0. The van der Waals surface area contributed by atoms with Gasteiger partial charge in [-0.1, -0.05) is 74.1 Å². The molecule has 0 heteroatoms. The van der Waals surface area contributed by atoms with Crippen LogP contribution in [0.4, 0.5) is 0 Å². The van der Waals surface area contributed by atoms with Crippen LogP contribution in [0.5, 0.6) is 0 Å². The van der Waals surface area contributed by atoms with Crippen LogP contribution in [-0.4, -0.2) is 0 Å². The van der Waals surface area contributed by atoms with Crippen molar-refractivity contribution in [1.29, 1.82) is 0 Å². The molecule has 104 valence electrons. The van der Waals surface area contributed by atoms with E-state index < -0.39 is 0 Å². The van der Waals surface area contributed by atoms with Gasteiger partial charge in [0.2, 0.25) is 0 Å². The predicted molar refractivity (Wildman–Crippen MR) is 80.4 cm³/mol. The fourth-order valence-corrected chi connectivity index (χ4v) is 2.67. The molecular formula is C17H36. The zero-order chi connectivity index (χ0) is 13.5. The minimum atomic E-state index is 0.542. The summed E-state index contributed by atoms with van der Waals surface area (Å²) < 4.78 is 0. The van der Waals surface area contributed by atoms with E-state index in [-0.39, 0.29) is 0 Å². The molecule has 2 atom stereocenters. The summed E-state index contributed by atoms with van der Waals surface area (Å²) in [4.78, 5) is 0. The monoisotopic (exact) mass is 240 g/mol. The highest BCUT2D eigenvalue weighted by atomic mass is 14.4. The molecule has 0 aliphatic rings. The molecule has 0 bridgehead atoms. The minimum Gasteiger partial charge on any atom is -0.0654 e. The molecule has 0 amide bonds. The third kappa shape index (κ3) is 5.93. The van der Waals surface area contributed by atoms with Crippen LogP contribution in [0.25, 0.3) is 0 Å². The van der Waals surface area contributed by atoms with Crippen molar-refractivity contribution in [3.63, 3.8) is 0 Å². The van der Waals surface area contributed by atoms with Crippen molar-refractivity contribution in [3.05, 3.63) is 0 Å². The molecule has 0 rings (SSSR count). The first-order valence-electron chi connectivity index (χ1n) is 7.81. The van der Waals surface area contributed by atoms with Gasteiger partial charge in [0.1, 0.15) is 0 Å². The predicted octanol–water partition coefficient (Wildman–Crippen LogP) is 6.45. The van der Waals surface area contributed by atoms with Crippen molar-refractivity contribution in [2.45, 2.75) is 93.4 Å². The van der Waals surface area contributed by atoms with Crippen LogP contribution in [0.2, 0.25) is 0 Å². The lowest BCUT2D eigenvalue weighted by molar-refractivity contribution is 0.134. The van der Waals surface area contributed by atoms with E-state index in [0.29, 0.717) is 10.8 Å². The van der Waals surface area contributed by atoms with Crippen LogP contribution in [0, 0.1) is 16.7 Å². The lowest BCUT2D eigenvalue weighted by Gasteiger charge is -2.37. The Labute approximate surface area is 111 Å². The van der Waals surface area contributed by atoms with Crippen LogP contribution >= 0.6 is 0 Å². The van der Waals surface area contributed by atoms with Crippen molar-refractivity contribution in [2.75, 3.05) is 0 Å². The van der Waals surface area contributed by atoms with Crippen LogP contribution in [0.3, 0.4) is 0 Å². The lowest BCUT2D eigenvalue weighted by atomic mass is 9.68. The van der Waals surface area contributed by atoms with Gasteiger partial charge >= 0.3 is 0 Å². The van der Waals surface area contributed by atoms with Crippen molar-refractivity contribution in [2.24, 2.45) is 16.7 Å². The van der Waals surface area contributed by atoms with Gasteiger partial charge in [0.15, 0.2) is 0 Å². The fraction of sp³-hybridized carbons (Fsp3) is 1.00. The van der Waals surface area contributed by atoms with E-state index in [0.717, 1.165) is 5.92 Å². The van der Waals surface area contributed by atoms with Gasteiger partial charge in [0, 0.05) is 0 Å². The van der Waals surface area contributed by atoms with Gasteiger partial charge in [0.25, 0.3) is 0 Å². The highest BCUT2D eigenvalue weighted by Gasteiger charge is 2.30. The average Bonchev–Trinajstić information content (AvgIpc) is 2.32. The Kier molecular flexibility index (Phi) is 7.44. The molecular weight excluding hydrogens is 204 g/mol. The molecule has 0 spiro atoms. The summed E-state index contributed by atoms with van der Waals surface area (Å²) in [5.41, 5.74) is 1.10. The lowest BCUT2D eigenvalue weighted by Crippen LogP contribution is -2.26. The molecule has 0 saturated heterocycles. The van der Waals surface area contributed by atoms with E-state index in [1.54, 1.807) is 0 Å². The molecule has 0 aromatic heterocycles. The maximum Gasteiger partial charge on any atom is -0.0303 e. The molecule has 0 fully saturated rings. The second-order valence-corrected chi connectivity index (χ2v) is 7.08. The number of rotatable bonds is 9. The van der Waals surface area contributed by atoms with Gasteiger partial charge in [-0.05, 0) is 36.0 Å². The van der Waals surface area contributed by atoms with Gasteiger partial charge in [0.05, 0.1) is 0 Å². The zero-order valence-corrected chi connectivity index (χ0v) is 13.5. The molecule has 0 heterocycles. The molecule has 2 unspecified atom stereocenters. The first-order chi connectivity index (χ1) is 7.81. The molecule has 17 heavy (non-hydrogen) atoms. The number of hydrogen-bond acceptors (Lipinski definition) is 0. The van der Waals surface area contributed by atoms with E-state index in [4.69, 9.17) is 0 Å². The second kappa shape index (κ2) is 7.44. The molecule has 0 aliphatic carbocycles. The fourth-order valence-electron chi connectivity index (χ4n) is 2.67. The Hall–Kier alpha value is 0. The van der Waals surface area contributed by atoms with E-state index in [2.05, 4.69) is 48.5 Å². The highest BCUT2D eigenvalue weighted by Crippen LogP contribution is 2.42. The quantitative estimate of drug-likeness (QED) is 0.434. The van der Waals surface area contributed by atoms with Gasteiger partial charge in [-0.3, -0.25) is 0 Å². The van der Waals surface area contributed by atoms with Crippen LogP contribution in [0.1, 0.15) is 93.4 Å². The Morgan fingerprint density at radius 1 is 0.882 bits per heavy atom. The normalized spacial score (nSPS) is 17.8. The van der Waals surface area contributed by atoms with Crippen molar-refractivity contribution in [3.8, 4) is 0 Å². The summed E-state index contributed by atoms with van der Waals surface area (Å²) in [5, 5.41) is 0. The third-order valence-corrected chi connectivity index (χ3v) is 5.19. The van der Waals surface area contributed by atoms with Gasteiger partial charge in [-0.15, -0.1) is 0 Å². The second-order valence-electron chi connectivity index (χ2n) is 7.08. The first-order valence-corrected chi connectivity index (χ1v) is 7.81. The Balaban J connectivity index is 4.30. The van der Waals surface area contributed by atoms with E-state index in [1.807, 2.05) is 0 Å². The van der Waals surface area contributed by atoms with Crippen molar-refractivity contribution < 1.29 is 0 Å². The zero-order valence-electron chi connectivity index (χ0n) is 13.5. The third-order valence-electron chi connectivity index (χ3n) is 5.19. The Morgan fingerprint density at radius 3 is 1.88 bits per heavy atom. The van der Waals surface area contributed by atoms with Crippen molar-refractivity contribution in [1.82, 2.24) is 0 Å². The topological polar surface area (TPSA) is 0 Å². The average molecular weight is 240 g/mol. The van der Waals surface area contributed by atoms with Gasteiger partial charge in [-0.25, -0.2) is 0 Å². The molecule has 0 N–H and O–H groups in total. The number of hydrogen-bond donors (Lipinski definition) is 0. The van der Waals surface area contributed by atoms with E-state index in [9.17, 15) is 0 Å². The van der Waals surface area contributed by atoms with Crippen molar-refractivity contribution >= 4 is 0 Å². The summed E-state index contributed by atoms with van der Waals surface area (Å²) in [6.45, 7) is 16.8. The molecule has 0 aromatic rings. The van der Waals surface area contributed by atoms with Crippen LogP contribution in [0.15, 0.2) is 0 Å². The highest BCUT2D eigenvalue weighted by molar-refractivity contribution is 4.81. The van der Waals surface area contributed by atoms with Gasteiger partial charge in [-0.2, -0.15) is 0 Å². The SMILES string of the molecule is CCCCC(C)(C)CCC(C)(CC)C(C)CC. The standard InChI is InChI=1S/C17H36/c1-8-11-12-16(5,6)13-14-17(7,10-3)15(4)9-2/h15H,8-14H2,1-7H3. The van der Waals surface area contributed by atoms with E-state index in [1.165, 1.54) is 44.9 Å². The summed E-state index contributed by atoms with van der Waals surface area (Å²) in [5.74, 6) is 0.856. The Bertz CT molecular complexity index is 192. The summed E-state index contributed by atoms with van der Waals surface area (Å²) >= 11 is 0. The van der Waals surface area contributed by atoms with Gasteiger partial charge < -0.3 is 0 Å². The largest absolute Gasteiger partial charge is 0.0654 e. The molecule has 0 aliphatic heterocycles. The maximum absolute atomic E-state index is 2.50. The molecule has 0 radical (unpaired) electrons. The summed E-state index contributed by atoms with van der Waals surface area (Å²) in [7, 11) is 0.